The van der Waals surface area contributed by atoms with Crippen molar-refractivity contribution in [1.82, 2.24) is 4.98 Å². The summed E-state index contributed by atoms with van der Waals surface area (Å²) >= 11 is 1.54. The number of Topliss-reactive ketones (excluding diaryl/α,β-unsaturated/α-hetero) is 1. The van der Waals surface area contributed by atoms with Gasteiger partial charge in [0.25, 0.3) is 0 Å². The molecule has 0 spiro atoms. The van der Waals surface area contributed by atoms with Crippen LogP contribution in [-0.4, -0.2) is 70.2 Å². The molecule has 9 heteroatoms. The van der Waals surface area contributed by atoms with Crippen molar-refractivity contribution in [2.75, 3.05) is 7.11 Å². The molecule has 8 nitrogen and oxygen atoms in total. The van der Waals surface area contributed by atoms with Gasteiger partial charge in [-0.1, -0.05) is 20.3 Å². The van der Waals surface area contributed by atoms with Crippen molar-refractivity contribution in [3.05, 3.63) is 21.7 Å². The van der Waals surface area contributed by atoms with Gasteiger partial charge in [0.05, 0.1) is 40.3 Å². The molecule has 2 bridgehead atoms. The molecule has 2 aliphatic heterocycles. The number of fused-ring (bicyclic) bond motifs is 3. The molecule has 1 aromatic heterocycles. The Morgan fingerprint density at radius 3 is 2.67 bits per heavy atom. The molecule has 1 saturated carbocycles. The first kappa shape index (κ1) is 27.4. The number of thiazole rings is 1. The summed E-state index contributed by atoms with van der Waals surface area (Å²) in [7, 11) is 1.58. The van der Waals surface area contributed by atoms with Crippen LogP contribution in [0.25, 0.3) is 6.08 Å². The first-order valence-electron chi connectivity index (χ1n) is 12.8. The van der Waals surface area contributed by atoms with Crippen LogP contribution in [-0.2, 0) is 23.8 Å². The van der Waals surface area contributed by atoms with Gasteiger partial charge in [-0.05, 0) is 57.6 Å². The number of esters is 1. The van der Waals surface area contributed by atoms with Crippen LogP contribution in [0.4, 0.5) is 0 Å². The van der Waals surface area contributed by atoms with Gasteiger partial charge in [-0.25, -0.2) is 4.98 Å². The number of hydrogen-bond acceptors (Lipinski definition) is 9. The first-order chi connectivity index (χ1) is 16.9. The number of cyclic esters (lactones) is 1. The molecule has 1 aromatic rings. The largest absolute Gasteiger partial charge is 0.455 e. The predicted octanol–water partition coefficient (Wildman–Crippen LogP) is 3.47. The van der Waals surface area contributed by atoms with Crippen molar-refractivity contribution < 1.29 is 34.0 Å². The van der Waals surface area contributed by atoms with Crippen LogP contribution < -0.4 is 0 Å². The van der Waals surface area contributed by atoms with Crippen LogP contribution in [0.5, 0.6) is 0 Å². The Balaban J connectivity index is 1.66. The van der Waals surface area contributed by atoms with Gasteiger partial charge in [0, 0.05) is 18.4 Å². The van der Waals surface area contributed by atoms with Gasteiger partial charge in [-0.3, -0.25) is 9.59 Å². The second kappa shape index (κ2) is 10.3. The van der Waals surface area contributed by atoms with E-state index in [1.807, 2.05) is 32.2 Å². The third-order valence-electron chi connectivity index (χ3n) is 8.53. The molecule has 9 atom stereocenters. The third-order valence-corrected chi connectivity index (χ3v) is 9.32. The van der Waals surface area contributed by atoms with E-state index in [1.165, 1.54) is 11.3 Å². The lowest BCUT2D eigenvalue weighted by molar-refractivity contribution is -0.165. The monoisotopic (exact) mass is 521 g/mol. The van der Waals surface area contributed by atoms with Crippen LogP contribution in [0.1, 0.15) is 70.5 Å². The summed E-state index contributed by atoms with van der Waals surface area (Å²) in [5, 5.41) is 24.8. The van der Waals surface area contributed by atoms with Crippen LogP contribution in [0.2, 0.25) is 0 Å². The number of aliphatic hydroxyl groups excluding tert-OH is 2. The number of ketones is 1. The summed E-state index contributed by atoms with van der Waals surface area (Å²) in [6.07, 6.45) is 0.615. The minimum atomic E-state index is -1.22. The van der Waals surface area contributed by atoms with E-state index in [0.29, 0.717) is 12.8 Å². The molecule has 36 heavy (non-hydrogen) atoms. The molecule has 200 valence electrons. The molecule has 3 fully saturated rings. The van der Waals surface area contributed by atoms with Gasteiger partial charge >= 0.3 is 5.97 Å². The van der Waals surface area contributed by atoms with E-state index in [0.717, 1.165) is 29.1 Å². The summed E-state index contributed by atoms with van der Waals surface area (Å²) in [6.45, 7) is 9.26. The summed E-state index contributed by atoms with van der Waals surface area (Å²) in [4.78, 5) is 30.8. The zero-order valence-corrected chi connectivity index (χ0v) is 22.8. The summed E-state index contributed by atoms with van der Waals surface area (Å²) < 4.78 is 17.9. The number of carbonyl (C=O) groups excluding carboxylic acids is 2. The number of carbonyl (C=O) groups is 2. The quantitative estimate of drug-likeness (QED) is 0.459. The topological polar surface area (TPSA) is 118 Å². The van der Waals surface area contributed by atoms with Crippen molar-refractivity contribution in [2.45, 2.75) is 103 Å². The maximum atomic E-state index is 13.2. The van der Waals surface area contributed by atoms with Crippen LogP contribution in [0.15, 0.2) is 11.0 Å². The molecule has 3 heterocycles. The lowest BCUT2D eigenvalue weighted by Crippen LogP contribution is -2.54. The molecule has 1 aliphatic carbocycles. The molecule has 4 rings (SSSR count). The molecular formula is C27H39NO7S. The van der Waals surface area contributed by atoms with Crippen molar-refractivity contribution >= 4 is 29.2 Å². The Morgan fingerprint density at radius 1 is 1.31 bits per heavy atom. The zero-order chi connectivity index (χ0) is 26.4. The van der Waals surface area contributed by atoms with Gasteiger partial charge in [0.1, 0.15) is 18.0 Å². The number of aliphatic hydroxyl groups is 2. The lowest BCUT2D eigenvalue weighted by Gasteiger charge is -2.45. The third kappa shape index (κ3) is 5.18. The van der Waals surface area contributed by atoms with Crippen molar-refractivity contribution in [1.29, 1.82) is 0 Å². The highest BCUT2D eigenvalue weighted by molar-refractivity contribution is 7.09. The number of aryl methyl sites for hydroxylation is 1. The summed E-state index contributed by atoms with van der Waals surface area (Å²) in [5.74, 6) is -1.57. The Hall–Kier alpha value is -1.65. The highest BCUT2D eigenvalue weighted by atomic mass is 32.1. The molecule has 0 aromatic carbocycles. The fourth-order valence-corrected chi connectivity index (χ4v) is 6.74. The predicted molar refractivity (Wildman–Crippen MR) is 135 cm³/mol. The molecule has 2 N–H and O–H groups in total. The number of nitrogens with zero attached hydrogens (tertiary/aromatic N) is 1. The number of rotatable bonds is 3. The molecular weight excluding hydrogens is 482 g/mol. The van der Waals surface area contributed by atoms with E-state index in [1.54, 1.807) is 21.0 Å². The Morgan fingerprint density at radius 2 is 2.03 bits per heavy atom. The summed E-state index contributed by atoms with van der Waals surface area (Å²) in [6, 6.07) is 0. The average Bonchev–Trinajstić information content (AvgIpc) is 3.30. The maximum absolute atomic E-state index is 13.2. The fourth-order valence-electron chi connectivity index (χ4n) is 6.17. The Bertz CT molecular complexity index is 1020. The fraction of sp³-hybridized carbons (Fsp3) is 0.741. The first-order valence-corrected chi connectivity index (χ1v) is 13.7. The van der Waals surface area contributed by atoms with Crippen molar-refractivity contribution in [3.8, 4) is 0 Å². The Kier molecular flexibility index (Phi) is 7.80. The number of hydrogen-bond donors (Lipinski definition) is 2. The van der Waals surface area contributed by atoms with Gasteiger partial charge < -0.3 is 24.4 Å². The second-order valence-electron chi connectivity index (χ2n) is 11.3. The van der Waals surface area contributed by atoms with Crippen LogP contribution in [0, 0.1) is 24.2 Å². The smallest absolute Gasteiger partial charge is 0.309 e. The van der Waals surface area contributed by atoms with E-state index in [-0.39, 0.29) is 24.2 Å². The van der Waals surface area contributed by atoms with Crippen LogP contribution >= 0.6 is 11.3 Å². The molecule has 0 amide bonds. The SMILES string of the molecule is COC1[C@@H](/C(C)=C/c2csc(C)n2)OC(=O)C[C@H](O)[C@]2(C)C[C@@H](CCC[C@@]3(C)O[C@@H]13)[C@H](O)[C@@H](C)C2=O. The number of epoxide rings is 1. The number of aromatic nitrogens is 1. The minimum absolute atomic E-state index is 0.144. The van der Waals surface area contributed by atoms with E-state index in [2.05, 4.69) is 4.98 Å². The van der Waals surface area contributed by atoms with E-state index >= 15 is 0 Å². The van der Waals surface area contributed by atoms with Gasteiger partial charge in [0.2, 0.25) is 0 Å². The van der Waals surface area contributed by atoms with Gasteiger partial charge in [0.15, 0.2) is 6.10 Å². The zero-order valence-electron chi connectivity index (χ0n) is 22.0. The molecule has 1 unspecified atom stereocenters. The highest BCUT2D eigenvalue weighted by Crippen LogP contribution is 2.48. The Labute approximate surface area is 217 Å². The average molecular weight is 522 g/mol. The van der Waals surface area contributed by atoms with Gasteiger partial charge in [-0.2, -0.15) is 0 Å². The number of methoxy groups -OCH3 is 1. The van der Waals surface area contributed by atoms with Gasteiger partial charge in [-0.15, -0.1) is 11.3 Å². The molecule has 2 saturated heterocycles. The van der Waals surface area contributed by atoms with E-state index in [9.17, 15) is 19.8 Å². The van der Waals surface area contributed by atoms with Crippen molar-refractivity contribution in [2.24, 2.45) is 17.3 Å². The van der Waals surface area contributed by atoms with E-state index in [4.69, 9.17) is 14.2 Å². The lowest BCUT2D eigenvalue weighted by atomic mass is 9.60. The minimum Gasteiger partial charge on any atom is -0.455 e. The number of ether oxygens (including phenoxy) is 3. The standard InChI is InChI=1S/C27H39NO7S/c1-14(10-18-13-36-16(3)28-18)22-23(33-6)25-27(5,35-25)9-7-8-17-12-26(4,19(29)11-20(30)34-22)24(32)15(2)21(17)31/h10,13,15,17,19,21-23,25,29,31H,7-9,11-12H2,1-6H3/b14-10+/t15-,17-,19+,21-,22-,23?,25+,26+,27-/m1/s1. The molecule has 0 radical (unpaired) electrons. The highest BCUT2D eigenvalue weighted by Gasteiger charge is 2.59. The van der Waals surface area contributed by atoms with Crippen molar-refractivity contribution in [3.63, 3.8) is 0 Å². The maximum Gasteiger partial charge on any atom is 0.309 e. The van der Waals surface area contributed by atoms with E-state index < -0.39 is 47.3 Å². The normalized spacial score (nSPS) is 42.3. The molecule has 3 aliphatic rings. The second-order valence-corrected chi connectivity index (χ2v) is 12.3. The van der Waals surface area contributed by atoms with Crippen LogP contribution in [0.3, 0.4) is 0 Å². The summed E-state index contributed by atoms with van der Waals surface area (Å²) in [5.41, 5.74) is -0.0271.